The highest BCUT2D eigenvalue weighted by Gasteiger charge is 2.61. The van der Waals surface area contributed by atoms with Crippen LogP contribution < -0.4 is 20.1 Å². The van der Waals surface area contributed by atoms with Gasteiger partial charge in [-0.1, -0.05) is 41.4 Å². The van der Waals surface area contributed by atoms with Crippen LogP contribution in [-0.4, -0.2) is 30.1 Å². The van der Waals surface area contributed by atoms with E-state index in [0.717, 1.165) is 14.7 Å². The molecule has 6 rings (SSSR count). The maximum Gasteiger partial charge on any atom is 0.238 e. The number of rotatable bonds is 7. The Morgan fingerprint density at radius 2 is 1.69 bits per heavy atom. The molecule has 1 saturated heterocycles. The summed E-state index contributed by atoms with van der Waals surface area (Å²) >= 11 is 15.0. The van der Waals surface area contributed by atoms with Crippen LogP contribution in [0.3, 0.4) is 0 Å². The van der Waals surface area contributed by atoms with Crippen LogP contribution in [0.4, 0.5) is 5.69 Å². The number of hydrogen-bond donors (Lipinski definition) is 3. The molecule has 10 heteroatoms. The van der Waals surface area contributed by atoms with E-state index in [9.17, 15) is 9.59 Å². The molecule has 0 aromatic heterocycles. The topological polar surface area (TPSA) is 96.9 Å². The number of amides is 2. The van der Waals surface area contributed by atoms with E-state index >= 15 is 0 Å². The smallest absolute Gasteiger partial charge is 0.238 e. The van der Waals surface area contributed by atoms with Crippen LogP contribution in [0.1, 0.15) is 35.1 Å². The highest BCUT2D eigenvalue weighted by Crippen LogP contribution is 2.58. The molecule has 3 N–H and O–H groups in total. The fourth-order valence-corrected chi connectivity index (χ4v) is 6.89. The van der Waals surface area contributed by atoms with Gasteiger partial charge < -0.3 is 25.2 Å². The van der Waals surface area contributed by atoms with E-state index in [-0.39, 0.29) is 31.4 Å². The van der Waals surface area contributed by atoms with Gasteiger partial charge in [-0.15, -0.1) is 0 Å². The highest BCUT2D eigenvalue weighted by molar-refractivity contribution is 14.1. The first-order valence-electron chi connectivity index (χ1n) is 13.3. The van der Waals surface area contributed by atoms with Gasteiger partial charge in [0, 0.05) is 37.2 Å². The molecule has 2 heterocycles. The number of aliphatic hydroxyl groups is 1. The molecule has 1 fully saturated rings. The summed E-state index contributed by atoms with van der Waals surface area (Å²) in [6, 6.07) is 24.6. The minimum Gasteiger partial charge on any atom is -0.491 e. The minimum absolute atomic E-state index is 0.0851. The van der Waals surface area contributed by atoms with E-state index in [2.05, 4.69) is 33.2 Å². The number of ether oxygens (including phenoxy) is 2. The predicted molar refractivity (Wildman–Crippen MR) is 170 cm³/mol. The number of benzene rings is 4. The molecular weight excluding hydrogens is 690 g/mol. The number of fused-ring (bicyclic) bond motifs is 2. The first kappa shape index (κ1) is 28.8. The minimum atomic E-state index is -1.23. The maximum atomic E-state index is 14.3. The number of halogens is 3. The molecule has 214 valence electrons. The van der Waals surface area contributed by atoms with Gasteiger partial charge in [0.1, 0.15) is 29.3 Å². The van der Waals surface area contributed by atoms with Gasteiger partial charge in [-0.3, -0.25) is 9.59 Å². The summed E-state index contributed by atoms with van der Waals surface area (Å²) in [5, 5.41) is 16.3. The van der Waals surface area contributed by atoms with Gasteiger partial charge >= 0.3 is 0 Å². The van der Waals surface area contributed by atoms with Crippen molar-refractivity contribution >= 4 is 63.3 Å². The van der Waals surface area contributed by atoms with E-state index < -0.39 is 17.4 Å². The summed E-state index contributed by atoms with van der Waals surface area (Å²) in [7, 11) is 0. The number of carbonyl (C=O) groups is 2. The van der Waals surface area contributed by atoms with Gasteiger partial charge in [0.15, 0.2) is 0 Å². The van der Waals surface area contributed by atoms with Crippen molar-refractivity contribution in [3.05, 3.63) is 115 Å². The maximum absolute atomic E-state index is 14.3. The van der Waals surface area contributed by atoms with Crippen LogP contribution in [0.2, 0.25) is 10.0 Å². The van der Waals surface area contributed by atoms with Crippen molar-refractivity contribution in [3.8, 4) is 17.2 Å². The van der Waals surface area contributed by atoms with E-state index in [4.69, 9.17) is 37.8 Å². The van der Waals surface area contributed by atoms with Gasteiger partial charge in [-0.2, -0.15) is 0 Å². The Balaban J connectivity index is 1.52. The fourth-order valence-electron chi connectivity index (χ4n) is 6.00. The van der Waals surface area contributed by atoms with E-state index in [0.29, 0.717) is 38.5 Å². The van der Waals surface area contributed by atoms with Gasteiger partial charge in [0.2, 0.25) is 11.8 Å². The van der Waals surface area contributed by atoms with E-state index in [1.165, 1.54) is 0 Å². The lowest BCUT2D eigenvalue weighted by Crippen LogP contribution is -2.56. The molecule has 4 aromatic rings. The lowest BCUT2D eigenvalue weighted by Gasteiger charge is -2.46. The van der Waals surface area contributed by atoms with Crippen LogP contribution in [0, 0.1) is 3.57 Å². The zero-order valence-electron chi connectivity index (χ0n) is 22.1. The molecule has 2 aliphatic rings. The normalized spacial score (nSPS) is 21.0. The van der Waals surface area contributed by atoms with Crippen LogP contribution in [0.15, 0.2) is 84.9 Å². The molecule has 1 unspecified atom stereocenters. The van der Waals surface area contributed by atoms with Gasteiger partial charge in [-0.25, -0.2) is 0 Å². The number of anilines is 1. The number of aliphatic hydroxyl groups excluding tert-OH is 1. The van der Waals surface area contributed by atoms with E-state index in [1.807, 2.05) is 42.5 Å². The number of piperidine rings is 1. The summed E-state index contributed by atoms with van der Waals surface area (Å²) in [6.45, 7) is 0.103. The standard InChI is InChI=1S/C32H25Cl2IN2O5/c33-19-3-1-2-18(14-19)26-17-29(39)37-30(32(26)25-10-4-20(34)15-27(25)36-31(32)40)24-16-21(35)5-11-28(24)42-23-8-6-22(7-9-23)41-13-12-38/h1-11,14-16,26,30,38H,12-13,17H2,(H,36,40)(H,37,39)/t26-,30+,32?/m0/s1. The third-order valence-corrected chi connectivity index (χ3v) is 8.84. The van der Waals surface area contributed by atoms with Crippen molar-refractivity contribution in [2.24, 2.45) is 0 Å². The van der Waals surface area contributed by atoms with Crippen molar-refractivity contribution in [2.45, 2.75) is 23.8 Å². The highest BCUT2D eigenvalue weighted by atomic mass is 127. The second-order valence-corrected chi connectivity index (χ2v) is 12.3. The van der Waals surface area contributed by atoms with E-state index in [1.54, 1.807) is 42.5 Å². The Bertz CT molecular complexity index is 1680. The Labute approximate surface area is 266 Å². The molecule has 4 aromatic carbocycles. The molecule has 0 radical (unpaired) electrons. The van der Waals surface area contributed by atoms with Gasteiger partial charge in [0.25, 0.3) is 0 Å². The average molecular weight is 715 g/mol. The Kier molecular flexibility index (Phi) is 8.06. The second-order valence-electron chi connectivity index (χ2n) is 10.2. The van der Waals surface area contributed by atoms with Crippen LogP contribution in [0.5, 0.6) is 17.2 Å². The van der Waals surface area contributed by atoms with Gasteiger partial charge in [0.05, 0.1) is 12.6 Å². The predicted octanol–water partition coefficient (Wildman–Crippen LogP) is 7.00. The quantitative estimate of drug-likeness (QED) is 0.179. The number of hydrogen-bond acceptors (Lipinski definition) is 5. The van der Waals surface area contributed by atoms with Crippen LogP contribution in [-0.2, 0) is 15.0 Å². The number of nitrogens with one attached hydrogen (secondary N) is 2. The molecule has 0 bridgehead atoms. The largest absolute Gasteiger partial charge is 0.491 e. The first-order valence-corrected chi connectivity index (χ1v) is 15.1. The van der Waals surface area contributed by atoms with Crippen LogP contribution >= 0.6 is 45.8 Å². The zero-order valence-corrected chi connectivity index (χ0v) is 25.7. The third-order valence-electron chi connectivity index (χ3n) is 7.70. The molecule has 1 spiro atoms. The lowest BCUT2D eigenvalue weighted by molar-refractivity contribution is -0.131. The second kappa shape index (κ2) is 11.8. The fraction of sp³-hybridized carbons (Fsp3) is 0.188. The zero-order chi connectivity index (χ0) is 29.4. The summed E-state index contributed by atoms with van der Waals surface area (Å²) in [5.41, 5.74) is 1.55. The number of carbonyl (C=O) groups excluding carboxylic acids is 2. The van der Waals surface area contributed by atoms with Gasteiger partial charge in [-0.05, 0) is 100 Å². The van der Waals surface area contributed by atoms with Crippen molar-refractivity contribution in [3.63, 3.8) is 0 Å². The molecule has 7 nitrogen and oxygen atoms in total. The van der Waals surface area contributed by atoms with Crippen molar-refractivity contribution < 1.29 is 24.2 Å². The molecule has 0 saturated carbocycles. The molecular formula is C32H25Cl2IN2O5. The molecule has 42 heavy (non-hydrogen) atoms. The Hall–Kier alpha value is -3.31. The molecule has 2 aliphatic heterocycles. The average Bonchev–Trinajstić information content (AvgIpc) is 3.25. The Morgan fingerprint density at radius 3 is 2.45 bits per heavy atom. The first-order chi connectivity index (χ1) is 20.3. The molecule has 2 amide bonds. The lowest BCUT2D eigenvalue weighted by atomic mass is 9.59. The Morgan fingerprint density at radius 1 is 0.929 bits per heavy atom. The summed E-state index contributed by atoms with van der Waals surface area (Å²) in [6.07, 6.45) is 0.0851. The van der Waals surface area contributed by atoms with Crippen molar-refractivity contribution in [1.82, 2.24) is 5.32 Å². The summed E-state index contributed by atoms with van der Waals surface area (Å²) in [4.78, 5) is 27.8. The summed E-state index contributed by atoms with van der Waals surface area (Å²) in [5.74, 6) is 0.655. The third kappa shape index (κ3) is 5.21. The van der Waals surface area contributed by atoms with Crippen LogP contribution in [0.25, 0.3) is 0 Å². The van der Waals surface area contributed by atoms with Crippen molar-refractivity contribution in [1.29, 1.82) is 0 Å². The SMILES string of the molecule is O=C1C[C@@H](c2cccc(Cl)c2)C2(C(=O)Nc3cc(Cl)ccc32)[C@@H](c2cc(I)ccc2Oc2ccc(OCCO)cc2)N1. The van der Waals surface area contributed by atoms with Crippen molar-refractivity contribution in [2.75, 3.05) is 18.5 Å². The molecule has 0 aliphatic carbocycles. The molecule has 3 atom stereocenters. The summed E-state index contributed by atoms with van der Waals surface area (Å²) < 4.78 is 12.8. The monoisotopic (exact) mass is 714 g/mol.